The van der Waals surface area contributed by atoms with Crippen LogP contribution in [0.5, 0.6) is 0 Å². The molecule has 0 saturated carbocycles. The highest BCUT2D eigenvalue weighted by atomic mass is 19.4. The molecule has 0 saturated heterocycles. The average molecular weight is 321 g/mol. The van der Waals surface area contributed by atoms with E-state index in [2.05, 4.69) is 27.3 Å². The molecule has 1 aromatic carbocycles. The summed E-state index contributed by atoms with van der Waals surface area (Å²) in [5, 5.41) is 2.82. The van der Waals surface area contributed by atoms with Crippen molar-refractivity contribution in [1.29, 1.82) is 0 Å². The van der Waals surface area contributed by atoms with E-state index in [9.17, 15) is 13.2 Å². The Labute approximate surface area is 133 Å². The molecule has 1 aromatic heterocycles. The number of hydrogen-bond donors (Lipinski definition) is 1. The molecular weight excluding hydrogens is 303 g/mol. The summed E-state index contributed by atoms with van der Waals surface area (Å²) in [4.78, 5) is 6.06. The molecule has 0 spiro atoms. The van der Waals surface area contributed by atoms with Crippen LogP contribution in [0.2, 0.25) is 0 Å². The lowest BCUT2D eigenvalue weighted by atomic mass is 10.00. The number of pyridine rings is 1. The molecule has 0 fully saturated rings. The van der Waals surface area contributed by atoms with E-state index in [4.69, 9.17) is 0 Å². The maximum absolute atomic E-state index is 12.9. The van der Waals surface area contributed by atoms with Crippen LogP contribution in [-0.2, 0) is 19.1 Å². The number of benzene rings is 1. The van der Waals surface area contributed by atoms with Gasteiger partial charge in [-0.15, -0.1) is 0 Å². The number of anilines is 1. The summed E-state index contributed by atoms with van der Waals surface area (Å²) in [6.07, 6.45) is -2.04. The monoisotopic (exact) mass is 321 g/mol. The highest BCUT2D eigenvalue weighted by Gasteiger charge is 2.34. The van der Waals surface area contributed by atoms with Gasteiger partial charge in [0.05, 0.1) is 5.56 Å². The van der Waals surface area contributed by atoms with Gasteiger partial charge >= 0.3 is 6.18 Å². The molecule has 1 N–H and O–H groups in total. The molecule has 1 aliphatic heterocycles. The summed E-state index contributed by atoms with van der Waals surface area (Å²) in [6.45, 7) is 2.88. The lowest BCUT2D eigenvalue weighted by molar-refractivity contribution is -0.137. The van der Waals surface area contributed by atoms with Crippen molar-refractivity contribution in [3.63, 3.8) is 0 Å². The Balaban J connectivity index is 1.57. The van der Waals surface area contributed by atoms with E-state index in [-0.39, 0.29) is 5.82 Å². The fourth-order valence-electron chi connectivity index (χ4n) is 2.85. The summed E-state index contributed by atoms with van der Waals surface area (Å²) in [6, 6.07) is 10.6. The van der Waals surface area contributed by atoms with Gasteiger partial charge in [0.2, 0.25) is 0 Å². The van der Waals surface area contributed by atoms with Crippen LogP contribution in [-0.4, -0.2) is 29.5 Å². The Morgan fingerprint density at radius 3 is 2.65 bits per heavy atom. The molecule has 0 aliphatic carbocycles. The molecule has 3 nitrogen and oxygen atoms in total. The van der Waals surface area contributed by atoms with Gasteiger partial charge in [-0.2, -0.15) is 13.2 Å². The molecule has 1 aliphatic rings. The maximum atomic E-state index is 12.9. The highest BCUT2D eigenvalue weighted by molar-refractivity contribution is 5.45. The quantitative estimate of drug-likeness (QED) is 0.933. The lowest BCUT2D eigenvalue weighted by Gasteiger charge is -2.28. The summed E-state index contributed by atoms with van der Waals surface area (Å²) in [5.41, 5.74) is 1.94. The molecule has 122 valence electrons. The molecule has 6 heteroatoms. The minimum absolute atomic E-state index is 0.0996. The zero-order valence-corrected chi connectivity index (χ0v) is 12.6. The Kier molecular flexibility index (Phi) is 4.52. The predicted octanol–water partition coefficient (Wildman–Crippen LogP) is 3.57. The summed E-state index contributed by atoms with van der Waals surface area (Å²) < 4.78 is 38.7. The molecule has 23 heavy (non-hydrogen) atoms. The normalized spacial score (nSPS) is 15.3. The molecule has 3 rings (SSSR count). The number of halogens is 3. The molecular formula is C17H18F3N3. The number of nitrogens with zero attached hydrogens (tertiary/aromatic N) is 2. The summed E-state index contributed by atoms with van der Waals surface area (Å²) in [7, 11) is 0. The van der Waals surface area contributed by atoms with Gasteiger partial charge in [-0.1, -0.05) is 24.3 Å². The number of alkyl halides is 3. The van der Waals surface area contributed by atoms with E-state index in [1.54, 1.807) is 0 Å². The van der Waals surface area contributed by atoms with Crippen LogP contribution in [0.25, 0.3) is 0 Å². The van der Waals surface area contributed by atoms with Gasteiger partial charge in [-0.3, -0.25) is 4.90 Å². The maximum Gasteiger partial charge on any atom is 0.419 e. The van der Waals surface area contributed by atoms with Crippen molar-refractivity contribution in [1.82, 2.24) is 9.88 Å². The summed E-state index contributed by atoms with van der Waals surface area (Å²) >= 11 is 0. The van der Waals surface area contributed by atoms with Gasteiger partial charge in [0.1, 0.15) is 5.82 Å². The van der Waals surface area contributed by atoms with Gasteiger partial charge < -0.3 is 5.32 Å². The second-order valence-electron chi connectivity index (χ2n) is 5.62. The first kappa shape index (κ1) is 15.8. The predicted molar refractivity (Wildman–Crippen MR) is 83.2 cm³/mol. The number of aromatic nitrogens is 1. The smallest absolute Gasteiger partial charge is 0.368 e. The van der Waals surface area contributed by atoms with Crippen molar-refractivity contribution in [2.45, 2.75) is 19.1 Å². The molecule has 2 aromatic rings. The lowest BCUT2D eigenvalue weighted by Crippen LogP contribution is -2.34. The second-order valence-corrected chi connectivity index (χ2v) is 5.62. The van der Waals surface area contributed by atoms with Gasteiger partial charge in [-0.25, -0.2) is 4.98 Å². The van der Waals surface area contributed by atoms with Crippen molar-refractivity contribution in [3.05, 3.63) is 59.3 Å². The van der Waals surface area contributed by atoms with Crippen molar-refractivity contribution in [3.8, 4) is 0 Å². The summed E-state index contributed by atoms with van der Waals surface area (Å²) in [5.74, 6) is -0.0996. The van der Waals surface area contributed by atoms with Crippen LogP contribution >= 0.6 is 0 Å². The fraction of sp³-hybridized carbons (Fsp3) is 0.353. The van der Waals surface area contributed by atoms with Crippen molar-refractivity contribution in [2.75, 3.05) is 25.0 Å². The van der Waals surface area contributed by atoms with Crippen molar-refractivity contribution < 1.29 is 13.2 Å². The third-order valence-corrected chi connectivity index (χ3v) is 4.04. The Morgan fingerprint density at radius 1 is 1.09 bits per heavy atom. The van der Waals surface area contributed by atoms with E-state index in [0.717, 1.165) is 25.6 Å². The van der Waals surface area contributed by atoms with Crippen LogP contribution < -0.4 is 5.32 Å². The zero-order chi connectivity index (χ0) is 16.3. The SMILES string of the molecule is FC(F)(F)c1cccnc1NCCN1CCc2ccccc2C1. The Bertz CT molecular complexity index is 670. The average Bonchev–Trinajstić information content (AvgIpc) is 2.54. The third-order valence-electron chi connectivity index (χ3n) is 4.04. The molecule has 2 heterocycles. The molecule has 0 atom stereocenters. The standard InChI is InChI=1S/C17H18F3N3/c18-17(19,20)15-6-3-8-21-16(15)22-9-11-23-10-7-13-4-1-2-5-14(13)12-23/h1-6,8H,7,9-12H2,(H,21,22). The number of fused-ring (bicyclic) bond motifs is 1. The molecule has 0 amide bonds. The van der Waals surface area contributed by atoms with E-state index >= 15 is 0 Å². The molecule has 0 unspecified atom stereocenters. The second kappa shape index (κ2) is 6.58. The minimum Gasteiger partial charge on any atom is -0.368 e. The third kappa shape index (κ3) is 3.82. The van der Waals surface area contributed by atoms with E-state index in [0.29, 0.717) is 13.1 Å². The topological polar surface area (TPSA) is 28.2 Å². The van der Waals surface area contributed by atoms with Crippen molar-refractivity contribution in [2.24, 2.45) is 0 Å². The fourth-order valence-corrected chi connectivity index (χ4v) is 2.85. The van der Waals surface area contributed by atoms with E-state index < -0.39 is 11.7 Å². The van der Waals surface area contributed by atoms with E-state index in [1.165, 1.54) is 23.4 Å². The Hall–Kier alpha value is -2.08. The van der Waals surface area contributed by atoms with Crippen LogP contribution in [0.4, 0.5) is 19.0 Å². The highest BCUT2D eigenvalue weighted by Crippen LogP contribution is 2.33. The largest absolute Gasteiger partial charge is 0.419 e. The first-order valence-electron chi connectivity index (χ1n) is 7.59. The zero-order valence-electron chi connectivity index (χ0n) is 12.6. The number of rotatable bonds is 4. The van der Waals surface area contributed by atoms with Gasteiger partial charge in [0.15, 0.2) is 0 Å². The van der Waals surface area contributed by atoms with Crippen molar-refractivity contribution >= 4 is 5.82 Å². The van der Waals surface area contributed by atoms with Crippen LogP contribution in [0.1, 0.15) is 16.7 Å². The number of nitrogens with one attached hydrogen (secondary N) is 1. The minimum atomic E-state index is -4.39. The van der Waals surface area contributed by atoms with Crippen LogP contribution in [0.3, 0.4) is 0 Å². The number of hydrogen-bond acceptors (Lipinski definition) is 3. The van der Waals surface area contributed by atoms with Crippen LogP contribution in [0.15, 0.2) is 42.6 Å². The van der Waals surface area contributed by atoms with Gasteiger partial charge in [0, 0.05) is 32.4 Å². The first-order chi connectivity index (χ1) is 11.0. The molecule has 0 radical (unpaired) electrons. The van der Waals surface area contributed by atoms with Gasteiger partial charge in [0.25, 0.3) is 0 Å². The Morgan fingerprint density at radius 2 is 1.87 bits per heavy atom. The van der Waals surface area contributed by atoms with E-state index in [1.807, 2.05) is 12.1 Å². The van der Waals surface area contributed by atoms with Crippen LogP contribution in [0, 0.1) is 0 Å². The van der Waals surface area contributed by atoms with Gasteiger partial charge in [-0.05, 0) is 29.7 Å². The molecule has 0 bridgehead atoms. The first-order valence-corrected chi connectivity index (χ1v) is 7.59.